The Hall–Kier alpha value is -1.88. The van der Waals surface area contributed by atoms with Crippen molar-refractivity contribution in [3.05, 3.63) is 34.4 Å². The zero-order valence-corrected chi connectivity index (χ0v) is 13.1. The van der Waals surface area contributed by atoms with Crippen LogP contribution in [0.4, 0.5) is 0 Å². The molecule has 0 saturated carbocycles. The lowest BCUT2D eigenvalue weighted by molar-refractivity contribution is -0.259. The SMILES string of the molecule is CCCN(CCC)C1Cc2cc(C(=O)[O-])c(C(=O)[O-])cc2C1. The number of hydrogen-bond donors (Lipinski definition) is 0. The van der Waals surface area contributed by atoms with E-state index in [4.69, 9.17) is 0 Å². The van der Waals surface area contributed by atoms with Gasteiger partial charge in [0.25, 0.3) is 0 Å². The van der Waals surface area contributed by atoms with Crippen molar-refractivity contribution in [3.63, 3.8) is 0 Å². The number of carbonyl (C=O) groups excluding carboxylic acids is 2. The third-order valence-electron chi connectivity index (χ3n) is 4.23. The van der Waals surface area contributed by atoms with E-state index in [2.05, 4.69) is 18.7 Å². The molecular formula is C17H21NO4-2. The van der Waals surface area contributed by atoms with Gasteiger partial charge in [-0.3, -0.25) is 4.90 Å². The average molecular weight is 303 g/mol. The monoisotopic (exact) mass is 303 g/mol. The van der Waals surface area contributed by atoms with Crippen LogP contribution in [-0.4, -0.2) is 36.0 Å². The van der Waals surface area contributed by atoms with E-state index in [-0.39, 0.29) is 11.1 Å². The molecule has 0 fully saturated rings. The Labute approximate surface area is 130 Å². The summed E-state index contributed by atoms with van der Waals surface area (Å²) in [6.45, 7) is 6.25. The van der Waals surface area contributed by atoms with Gasteiger partial charge < -0.3 is 19.8 Å². The average Bonchev–Trinajstić information content (AvgIpc) is 2.88. The van der Waals surface area contributed by atoms with Crippen molar-refractivity contribution in [2.75, 3.05) is 13.1 Å². The largest absolute Gasteiger partial charge is 0.545 e. The number of aromatic carboxylic acids is 2. The molecule has 0 spiro atoms. The predicted molar refractivity (Wildman–Crippen MR) is 78.5 cm³/mol. The summed E-state index contributed by atoms with van der Waals surface area (Å²) in [6.07, 6.45) is 3.62. The molecule has 0 amide bonds. The van der Waals surface area contributed by atoms with Crippen LogP contribution in [0.1, 0.15) is 58.5 Å². The maximum Gasteiger partial charge on any atom is 0.0722 e. The highest BCUT2D eigenvalue weighted by Gasteiger charge is 2.27. The van der Waals surface area contributed by atoms with Crippen molar-refractivity contribution in [2.45, 2.75) is 45.6 Å². The van der Waals surface area contributed by atoms with Crippen molar-refractivity contribution in [1.29, 1.82) is 0 Å². The topological polar surface area (TPSA) is 83.5 Å². The highest BCUT2D eigenvalue weighted by Crippen LogP contribution is 2.28. The van der Waals surface area contributed by atoms with Gasteiger partial charge in [0.15, 0.2) is 0 Å². The minimum absolute atomic E-state index is 0.281. The quantitative estimate of drug-likeness (QED) is 0.708. The number of benzene rings is 1. The minimum Gasteiger partial charge on any atom is -0.545 e. The first-order valence-electron chi connectivity index (χ1n) is 7.80. The van der Waals surface area contributed by atoms with E-state index in [0.29, 0.717) is 6.04 Å². The summed E-state index contributed by atoms with van der Waals surface area (Å²) in [5.74, 6) is -2.94. The number of carbonyl (C=O) groups is 2. The number of rotatable bonds is 7. The summed E-state index contributed by atoms with van der Waals surface area (Å²) in [7, 11) is 0. The molecule has 0 aromatic heterocycles. The molecule has 5 nitrogen and oxygen atoms in total. The van der Waals surface area contributed by atoms with Crippen LogP contribution in [0.15, 0.2) is 12.1 Å². The molecule has 1 aromatic rings. The molecule has 22 heavy (non-hydrogen) atoms. The van der Waals surface area contributed by atoms with Gasteiger partial charge in [0, 0.05) is 17.2 Å². The Morgan fingerprint density at radius 1 is 1.00 bits per heavy atom. The van der Waals surface area contributed by atoms with Gasteiger partial charge in [-0.15, -0.1) is 0 Å². The molecule has 0 N–H and O–H groups in total. The molecular weight excluding hydrogens is 282 g/mol. The zero-order valence-electron chi connectivity index (χ0n) is 13.1. The van der Waals surface area contributed by atoms with E-state index in [1.54, 1.807) is 0 Å². The maximum absolute atomic E-state index is 11.1. The van der Waals surface area contributed by atoms with Crippen LogP contribution in [0.5, 0.6) is 0 Å². The lowest BCUT2D eigenvalue weighted by Gasteiger charge is -2.27. The lowest BCUT2D eigenvalue weighted by atomic mass is 10.00. The molecule has 1 aliphatic rings. The van der Waals surface area contributed by atoms with Crippen LogP contribution < -0.4 is 10.2 Å². The van der Waals surface area contributed by atoms with Gasteiger partial charge >= 0.3 is 0 Å². The van der Waals surface area contributed by atoms with Crippen LogP contribution in [0, 0.1) is 0 Å². The van der Waals surface area contributed by atoms with Crippen LogP contribution in [0.3, 0.4) is 0 Å². The van der Waals surface area contributed by atoms with Gasteiger partial charge in [0.1, 0.15) is 0 Å². The third-order valence-corrected chi connectivity index (χ3v) is 4.23. The third kappa shape index (κ3) is 3.30. The number of nitrogens with zero attached hydrogens (tertiary/aromatic N) is 1. The van der Waals surface area contributed by atoms with Crippen molar-refractivity contribution < 1.29 is 19.8 Å². The number of hydrogen-bond acceptors (Lipinski definition) is 5. The van der Waals surface area contributed by atoms with Crippen molar-refractivity contribution >= 4 is 11.9 Å². The highest BCUT2D eigenvalue weighted by atomic mass is 16.4. The lowest BCUT2D eigenvalue weighted by Crippen LogP contribution is -2.37. The summed E-state index contributed by atoms with van der Waals surface area (Å²) >= 11 is 0. The van der Waals surface area contributed by atoms with Crippen molar-refractivity contribution in [1.82, 2.24) is 4.90 Å². The Balaban J connectivity index is 2.30. The normalized spacial score (nSPS) is 14.3. The summed E-state index contributed by atoms with van der Waals surface area (Å²) < 4.78 is 0. The predicted octanol–water partition coefficient (Wildman–Crippen LogP) is 0.00280. The Morgan fingerprint density at radius 2 is 1.41 bits per heavy atom. The standard InChI is InChI=1S/C17H23NO4/c1-3-5-18(6-4-2)13-7-11-9-14(16(19)20)15(17(21)22)10-12(11)8-13/h9-10,13H,3-8H2,1-2H3,(H,19,20)(H,21,22)/p-2. The van der Waals surface area contributed by atoms with E-state index in [1.807, 2.05) is 0 Å². The molecule has 0 atom stereocenters. The fourth-order valence-electron chi connectivity index (χ4n) is 3.30. The summed E-state index contributed by atoms with van der Waals surface area (Å²) in [5, 5.41) is 22.3. The van der Waals surface area contributed by atoms with Gasteiger partial charge in [-0.2, -0.15) is 0 Å². The molecule has 0 bridgehead atoms. The van der Waals surface area contributed by atoms with Crippen LogP contribution in [0.2, 0.25) is 0 Å². The molecule has 1 aromatic carbocycles. The number of fused-ring (bicyclic) bond motifs is 1. The van der Waals surface area contributed by atoms with Crippen LogP contribution >= 0.6 is 0 Å². The first kappa shape index (κ1) is 16.5. The van der Waals surface area contributed by atoms with E-state index in [1.165, 1.54) is 12.1 Å². The molecule has 0 radical (unpaired) electrons. The fraction of sp³-hybridized carbons (Fsp3) is 0.529. The summed E-state index contributed by atoms with van der Waals surface area (Å²) in [5.41, 5.74) is 1.26. The van der Waals surface area contributed by atoms with Gasteiger partial charge in [0.05, 0.1) is 11.9 Å². The number of carboxylic acid groups (broad SMARTS) is 2. The van der Waals surface area contributed by atoms with E-state index in [0.717, 1.165) is 49.9 Å². The summed E-state index contributed by atoms with van der Waals surface area (Å²) in [4.78, 5) is 24.7. The minimum atomic E-state index is -1.47. The first-order valence-corrected chi connectivity index (χ1v) is 7.80. The smallest absolute Gasteiger partial charge is 0.0722 e. The van der Waals surface area contributed by atoms with Gasteiger partial charge in [-0.25, -0.2) is 0 Å². The van der Waals surface area contributed by atoms with Crippen molar-refractivity contribution in [2.24, 2.45) is 0 Å². The molecule has 5 heteroatoms. The first-order chi connectivity index (χ1) is 10.5. The Kier molecular flexibility index (Phi) is 5.19. The van der Waals surface area contributed by atoms with Gasteiger partial charge in [0.2, 0.25) is 0 Å². The molecule has 1 aliphatic carbocycles. The number of carboxylic acids is 2. The van der Waals surface area contributed by atoms with E-state index < -0.39 is 11.9 Å². The van der Waals surface area contributed by atoms with E-state index >= 15 is 0 Å². The molecule has 0 heterocycles. The van der Waals surface area contributed by atoms with Gasteiger partial charge in [-0.1, -0.05) is 13.8 Å². The molecule has 0 unspecified atom stereocenters. The van der Waals surface area contributed by atoms with E-state index in [9.17, 15) is 19.8 Å². The maximum atomic E-state index is 11.1. The van der Waals surface area contributed by atoms with Crippen molar-refractivity contribution in [3.8, 4) is 0 Å². The molecule has 2 rings (SSSR count). The zero-order chi connectivity index (χ0) is 16.3. The molecule has 0 saturated heterocycles. The fourth-order valence-corrected chi connectivity index (χ4v) is 3.30. The second-order valence-electron chi connectivity index (χ2n) is 5.84. The Bertz CT molecular complexity index is 533. The Morgan fingerprint density at radius 3 is 1.73 bits per heavy atom. The van der Waals surface area contributed by atoms with Gasteiger partial charge in [-0.05, 0) is 62.0 Å². The molecule has 120 valence electrons. The summed E-state index contributed by atoms with van der Waals surface area (Å²) in [6, 6.07) is 3.21. The van der Waals surface area contributed by atoms with Crippen LogP contribution in [-0.2, 0) is 12.8 Å². The van der Waals surface area contributed by atoms with Crippen LogP contribution in [0.25, 0.3) is 0 Å². The second kappa shape index (κ2) is 6.92. The highest BCUT2D eigenvalue weighted by molar-refractivity contribution is 6.00. The second-order valence-corrected chi connectivity index (χ2v) is 5.84. The molecule has 0 aliphatic heterocycles.